The number of nitrogens with one attached hydrogen (secondary N) is 1. The van der Waals surface area contributed by atoms with Gasteiger partial charge in [0.25, 0.3) is 0 Å². The summed E-state index contributed by atoms with van der Waals surface area (Å²) in [5.41, 5.74) is 7.76. The summed E-state index contributed by atoms with van der Waals surface area (Å²) < 4.78 is 6.97. The van der Waals surface area contributed by atoms with Gasteiger partial charge in [-0.25, -0.2) is 15.0 Å². The van der Waals surface area contributed by atoms with E-state index in [-0.39, 0.29) is 0 Å². The fourth-order valence-electron chi connectivity index (χ4n) is 3.80. The van der Waals surface area contributed by atoms with Crippen LogP contribution in [-0.4, -0.2) is 59.7 Å². The molecule has 0 radical (unpaired) electrons. The molecule has 0 amide bonds. The third kappa shape index (κ3) is 3.45. The van der Waals surface area contributed by atoms with E-state index in [9.17, 15) is 0 Å². The van der Waals surface area contributed by atoms with Gasteiger partial charge in [0.1, 0.15) is 5.75 Å². The average Bonchev–Trinajstić information content (AvgIpc) is 3.17. The molecule has 0 bridgehead atoms. The Balaban J connectivity index is 1.43. The van der Waals surface area contributed by atoms with Gasteiger partial charge in [-0.3, -0.25) is 5.43 Å². The van der Waals surface area contributed by atoms with Gasteiger partial charge in [0.2, 0.25) is 5.95 Å². The summed E-state index contributed by atoms with van der Waals surface area (Å²) in [7, 11) is 2.15. The van der Waals surface area contributed by atoms with E-state index >= 15 is 0 Å². The smallest absolute Gasteiger partial charge is 0.238 e. The number of benzene rings is 2. The molecule has 0 unspecified atom stereocenters. The molecule has 7 heteroatoms. The van der Waals surface area contributed by atoms with Crippen LogP contribution in [0, 0.1) is 0 Å². The van der Waals surface area contributed by atoms with Crippen molar-refractivity contribution in [2.24, 2.45) is 0 Å². The van der Waals surface area contributed by atoms with Crippen LogP contribution in [0.4, 0.5) is 5.95 Å². The predicted octanol–water partition coefficient (Wildman–Crippen LogP) is 3.57. The number of hydrazine groups is 1. The van der Waals surface area contributed by atoms with Crippen molar-refractivity contribution >= 4 is 32.8 Å². The number of halogens is 1. The minimum Gasteiger partial charge on any atom is -0.492 e. The molecule has 1 aromatic heterocycles. The predicted molar refractivity (Wildman–Crippen MR) is 115 cm³/mol. The van der Waals surface area contributed by atoms with Crippen LogP contribution in [0.15, 0.2) is 41.0 Å². The van der Waals surface area contributed by atoms with Gasteiger partial charge >= 0.3 is 0 Å². The Bertz CT molecular complexity index is 1030. The molecule has 0 atom stereocenters. The number of fused-ring (bicyclic) bond motifs is 2. The van der Waals surface area contributed by atoms with Crippen LogP contribution in [0.1, 0.15) is 5.56 Å². The summed E-state index contributed by atoms with van der Waals surface area (Å²) in [5, 5.41) is 3.20. The Morgan fingerprint density at radius 3 is 2.82 bits per heavy atom. The molecule has 5 rings (SSSR count). The second-order valence-corrected chi connectivity index (χ2v) is 8.33. The van der Waals surface area contributed by atoms with E-state index in [1.54, 1.807) is 0 Å². The molecule has 1 N–H and O–H groups in total. The molecule has 0 saturated carbocycles. The molecule has 0 aliphatic carbocycles. The van der Waals surface area contributed by atoms with Crippen LogP contribution >= 0.6 is 15.9 Å². The van der Waals surface area contributed by atoms with E-state index in [1.165, 1.54) is 5.56 Å². The summed E-state index contributed by atoms with van der Waals surface area (Å²) in [6.45, 7) is 4.76. The topological polar surface area (TPSA) is 53.5 Å². The van der Waals surface area contributed by atoms with E-state index < -0.39 is 0 Å². The Morgan fingerprint density at radius 1 is 1.11 bits per heavy atom. The SMILES string of the molecule is CN1CCN(Nc2ncc3cc(-c4cc(Br)cc5c4OCC5)ccc3n2)CC1. The minimum atomic E-state index is 0.650. The second-order valence-electron chi connectivity index (χ2n) is 7.41. The van der Waals surface area contributed by atoms with Crippen molar-refractivity contribution < 1.29 is 4.74 Å². The van der Waals surface area contributed by atoms with Crippen molar-refractivity contribution in [1.29, 1.82) is 0 Å². The van der Waals surface area contributed by atoms with Gasteiger partial charge in [-0.05, 0) is 42.4 Å². The molecule has 1 fully saturated rings. The summed E-state index contributed by atoms with van der Waals surface area (Å²) in [5.74, 6) is 1.65. The molecule has 1 saturated heterocycles. The molecular formula is C21H22BrN5O. The first kappa shape index (κ1) is 17.8. The molecular weight excluding hydrogens is 418 g/mol. The molecule has 3 aromatic rings. The van der Waals surface area contributed by atoms with Crippen LogP contribution in [0.5, 0.6) is 5.75 Å². The standard InChI is InChI=1S/C21H22BrN5O/c1-26-5-7-27(8-6-26)25-21-23-13-16-10-14(2-3-19(16)24-21)18-12-17(22)11-15-4-9-28-20(15)18/h2-3,10-13H,4-9H2,1H3,(H,23,24,25). The zero-order valence-corrected chi connectivity index (χ0v) is 17.4. The maximum atomic E-state index is 5.89. The van der Waals surface area contributed by atoms with Crippen LogP contribution in [-0.2, 0) is 6.42 Å². The number of anilines is 1. The number of rotatable bonds is 3. The first-order valence-electron chi connectivity index (χ1n) is 9.58. The third-order valence-electron chi connectivity index (χ3n) is 5.40. The summed E-state index contributed by atoms with van der Waals surface area (Å²) >= 11 is 3.63. The van der Waals surface area contributed by atoms with Crippen LogP contribution in [0.25, 0.3) is 22.0 Å². The van der Waals surface area contributed by atoms with Crippen molar-refractivity contribution in [3.8, 4) is 16.9 Å². The number of ether oxygens (including phenoxy) is 1. The number of likely N-dealkylation sites (N-methyl/N-ethyl adjacent to an activating group) is 1. The lowest BCUT2D eigenvalue weighted by Crippen LogP contribution is -2.47. The Kier molecular flexibility index (Phi) is 4.66. The largest absolute Gasteiger partial charge is 0.492 e. The van der Waals surface area contributed by atoms with Gasteiger partial charge in [-0.15, -0.1) is 0 Å². The van der Waals surface area contributed by atoms with E-state index in [1.807, 2.05) is 6.20 Å². The van der Waals surface area contributed by atoms with E-state index in [0.29, 0.717) is 5.95 Å². The molecule has 3 heterocycles. The summed E-state index contributed by atoms with van der Waals surface area (Å²) in [6.07, 6.45) is 2.85. The highest BCUT2D eigenvalue weighted by Gasteiger charge is 2.19. The van der Waals surface area contributed by atoms with Crippen molar-refractivity contribution in [2.45, 2.75) is 6.42 Å². The lowest BCUT2D eigenvalue weighted by molar-refractivity contribution is 0.178. The van der Waals surface area contributed by atoms with Gasteiger partial charge in [-0.1, -0.05) is 22.0 Å². The van der Waals surface area contributed by atoms with E-state index in [0.717, 1.165) is 71.5 Å². The number of piperazine rings is 1. The average molecular weight is 440 g/mol. The maximum Gasteiger partial charge on any atom is 0.238 e. The normalized spacial score (nSPS) is 17.5. The molecule has 28 heavy (non-hydrogen) atoms. The van der Waals surface area contributed by atoms with E-state index in [2.05, 4.69) is 73.6 Å². The van der Waals surface area contributed by atoms with Gasteiger partial charge in [0.05, 0.1) is 12.1 Å². The Hall–Kier alpha value is -2.22. The van der Waals surface area contributed by atoms with Crippen molar-refractivity contribution in [2.75, 3.05) is 45.3 Å². The lowest BCUT2D eigenvalue weighted by atomic mass is 10.00. The van der Waals surface area contributed by atoms with Crippen molar-refractivity contribution in [3.05, 3.63) is 46.6 Å². The Labute approximate surface area is 172 Å². The molecule has 2 aliphatic rings. The summed E-state index contributed by atoms with van der Waals surface area (Å²) in [6, 6.07) is 10.6. The zero-order chi connectivity index (χ0) is 19.1. The molecule has 144 valence electrons. The van der Waals surface area contributed by atoms with Gasteiger partial charge in [-0.2, -0.15) is 0 Å². The zero-order valence-electron chi connectivity index (χ0n) is 15.8. The lowest BCUT2D eigenvalue weighted by Gasteiger charge is -2.32. The van der Waals surface area contributed by atoms with Crippen molar-refractivity contribution in [3.63, 3.8) is 0 Å². The maximum absolute atomic E-state index is 5.89. The molecule has 2 aromatic carbocycles. The fraction of sp³-hybridized carbons (Fsp3) is 0.333. The highest BCUT2D eigenvalue weighted by Crippen LogP contribution is 2.40. The Morgan fingerprint density at radius 2 is 1.96 bits per heavy atom. The van der Waals surface area contributed by atoms with E-state index in [4.69, 9.17) is 9.72 Å². The van der Waals surface area contributed by atoms with Crippen molar-refractivity contribution in [1.82, 2.24) is 19.9 Å². The monoisotopic (exact) mass is 439 g/mol. The number of nitrogens with zero attached hydrogens (tertiary/aromatic N) is 4. The minimum absolute atomic E-state index is 0.650. The number of hydrogen-bond acceptors (Lipinski definition) is 6. The number of hydrogen-bond donors (Lipinski definition) is 1. The van der Waals surface area contributed by atoms with Gasteiger partial charge in [0, 0.05) is 54.2 Å². The third-order valence-corrected chi connectivity index (χ3v) is 5.86. The van der Waals surface area contributed by atoms with Crippen LogP contribution < -0.4 is 10.2 Å². The molecule has 2 aliphatic heterocycles. The molecule has 6 nitrogen and oxygen atoms in total. The first-order valence-corrected chi connectivity index (χ1v) is 10.4. The van der Waals surface area contributed by atoms with Gasteiger partial charge < -0.3 is 9.64 Å². The highest BCUT2D eigenvalue weighted by atomic mass is 79.9. The van der Waals surface area contributed by atoms with Gasteiger partial charge in [0.15, 0.2) is 0 Å². The van der Waals surface area contributed by atoms with Crippen LogP contribution in [0.3, 0.4) is 0 Å². The fourth-order valence-corrected chi connectivity index (χ4v) is 4.30. The number of aromatic nitrogens is 2. The highest BCUT2D eigenvalue weighted by molar-refractivity contribution is 9.10. The molecule has 0 spiro atoms. The summed E-state index contributed by atoms with van der Waals surface area (Å²) in [4.78, 5) is 11.5. The quantitative estimate of drug-likeness (QED) is 0.672. The first-order chi connectivity index (χ1) is 13.7. The van der Waals surface area contributed by atoms with Crippen LogP contribution in [0.2, 0.25) is 0 Å². The second kappa shape index (κ2) is 7.31.